The molecular formula is C18H21N3O2. The third-order valence-electron chi connectivity index (χ3n) is 4.12. The van der Waals surface area contributed by atoms with Gasteiger partial charge in [0.05, 0.1) is 17.4 Å². The standard InChI is InChI=1S/C18H21N3O2/c22-18(23)15-6-4-5-14(11-15)12-19-17-8-7-16(13-20-17)21-9-2-1-3-10-21/h4-8,11,13H,1-3,9-10,12H2,(H,19,20)(H,22,23). The predicted molar refractivity (Wildman–Crippen MR) is 91.0 cm³/mol. The molecule has 0 spiro atoms. The lowest BCUT2D eigenvalue weighted by atomic mass is 10.1. The van der Waals surface area contributed by atoms with E-state index in [0.717, 1.165) is 24.5 Å². The van der Waals surface area contributed by atoms with Crippen molar-refractivity contribution in [2.75, 3.05) is 23.3 Å². The summed E-state index contributed by atoms with van der Waals surface area (Å²) in [6, 6.07) is 11.0. The molecule has 1 saturated heterocycles. The van der Waals surface area contributed by atoms with Crippen molar-refractivity contribution >= 4 is 17.5 Å². The van der Waals surface area contributed by atoms with Crippen molar-refractivity contribution in [1.82, 2.24) is 4.98 Å². The van der Waals surface area contributed by atoms with Crippen molar-refractivity contribution in [1.29, 1.82) is 0 Å². The zero-order valence-corrected chi connectivity index (χ0v) is 13.0. The summed E-state index contributed by atoms with van der Waals surface area (Å²) in [6.07, 6.45) is 5.72. The molecule has 0 radical (unpaired) electrons. The number of hydrogen-bond acceptors (Lipinski definition) is 4. The number of pyridine rings is 1. The number of hydrogen-bond donors (Lipinski definition) is 2. The van der Waals surface area contributed by atoms with Gasteiger partial charge in [0, 0.05) is 19.6 Å². The van der Waals surface area contributed by atoms with E-state index < -0.39 is 5.97 Å². The second-order valence-electron chi connectivity index (χ2n) is 5.81. The van der Waals surface area contributed by atoms with Crippen LogP contribution in [0.2, 0.25) is 0 Å². The molecule has 1 fully saturated rings. The maximum absolute atomic E-state index is 11.0. The van der Waals surface area contributed by atoms with Gasteiger partial charge in [-0.05, 0) is 49.1 Å². The van der Waals surface area contributed by atoms with Gasteiger partial charge in [0.15, 0.2) is 0 Å². The quantitative estimate of drug-likeness (QED) is 0.886. The third kappa shape index (κ3) is 4.00. The number of carboxylic acids is 1. The van der Waals surface area contributed by atoms with Crippen molar-refractivity contribution in [2.24, 2.45) is 0 Å². The molecule has 0 unspecified atom stereocenters. The van der Waals surface area contributed by atoms with Crippen LogP contribution in [0, 0.1) is 0 Å². The minimum absolute atomic E-state index is 0.303. The van der Waals surface area contributed by atoms with E-state index in [2.05, 4.69) is 21.3 Å². The summed E-state index contributed by atoms with van der Waals surface area (Å²) in [5.41, 5.74) is 2.40. The number of piperidine rings is 1. The van der Waals surface area contributed by atoms with Crippen LogP contribution in [0.3, 0.4) is 0 Å². The minimum atomic E-state index is -0.907. The molecule has 120 valence electrons. The van der Waals surface area contributed by atoms with E-state index in [9.17, 15) is 4.79 Å². The molecule has 1 aromatic heterocycles. The van der Waals surface area contributed by atoms with Crippen molar-refractivity contribution < 1.29 is 9.90 Å². The van der Waals surface area contributed by atoms with Crippen molar-refractivity contribution in [2.45, 2.75) is 25.8 Å². The Morgan fingerprint density at radius 3 is 2.70 bits per heavy atom. The van der Waals surface area contributed by atoms with Gasteiger partial charge in [0.1, 0.15) is 5.82 Å². The molecule has 2 aromatic rings. The third-order valence-corrected chi connectivity index (χ3v) is 4.12. The van der Waals surface area contributed by atoms with Crippen molar-refractivity contribution in [3.8, 4) is 0 Å². The number of carbonyl (C=O) groups is 1. The molecule has 0 saturated carbocycles. The number of anilines is 2. The molecule has 0 bridgehead atoms. The summed E-state index contributed by atoms with van der Waals surface area (Å²) in [6.45, 7) is 2.77. The van der Waals surface area contributed by atoms with Crippen molar-refractivity contribution in [3.63, 3.8) is 0 Å². The Hall–Kier alpha value is -2.56. The Balaban J connectivity index is 1.60. The molecule has 0 aliphatic carbocycles. The number of carboxylic acid groups (broad SMARTS) is 1. The first-order valence-electron chi connectivity index (χ1n) is 7.99. The Bertz CT molecular complexity index is 664. The van der Waals surface area contributed by atoms with E-state index in [1.165, 1.54) is 24.9 Å². The van der Waals surface area contributed by atoms with E-state index in [1.807, 2.05) is 18.3 Å². The lowest BCUT2D eigenvalue weighted by Gasteiger charge is -2.28. The highest BCUT2D eigenvalue weighted by molar-refractivity contribution is 5.87. The van der Waals surface area contributed by atoms with Gasteiger partial charge in [-0.1, -0.05) is 12.1 Å². The summed E-state index contributed by atoms with van der Waals surface area (Å²) >= 11 is 0. The first-order chi connectivity index (χ1) is 11.2. The van der Waals surface area contributed by atoms with Gasteiger partial charge in [-0.3, -0.25) is 0 Å². The van der Waals surface area contributed by atoms with Crippen LogP contribution in [-0.2, 0) is 6.54 Å². The highest BCUT2D eigenvalue weighted by Gasteiger charge is 2.11. The second-order valence-corrected chi connectivity index (χ2v) is 5.81. The van der Waals surface area contributed by atoms with Crippen LogP contribution in [0.4, 0.5) is 11.5 Å². The van der Waals surface area contributed by atoms with Gasteiger partial charge in [-0.2, -0.15) is 0 Å². The fraction of sp³-hybridized carbons (Fsp3) is 0.333. The smallest absolute Gasteiger partial charge is 0.335 e. The lowest BCUT2D eigenvalue weighted by Crippen LogP contribution is -2.29. The maximum atomic E-state index is 11.0. The Morgan fingerprint density at radius 1 is 1.17 bits per heavy atom. The van der Waals surface area contributed by atoms with Crippen LogP contribution in [0.25, 0.3) is 0 Å². The number of nitrogens with one attached hydrogen (secondary N) is 1. The summed E-state index contributed by atoms with van der Waals surface area (Å²) in [5, 5.41) is 12.2. The monoisotopic (exact) mass is 311 g/mol. The molecular weight excluding hydrogens is 290 g/mol. The molecule has 5 heteroatoms. The Labute approximate surface area is 136 Å². The molecule has 2 heterocycles. The van der Waals surface area contributed by atoms with E-state index in [-0.39, 0.29) is 0 Å². The molecule has 2 N–H and O–H groups in total. The van der Waals surface area contributed by atoms with E-state index in [1.54, 1.807) is 18.2 Å². The molecule has 1 aliphatic heterocycles. The van der Waals surface area contributed by atoms with Crippen LogP contribution in [0.1, 0.15) is 35.2 Å². The summed E-state index contributed by atoms with van der Waals surface area (Å²) in [4.78, 5) is 17.8. The number of benzene rings is 1. The number of nitrogens with zero attached hydrogens (tertiary/aromatic N) is 2. The van der Waals surface area contributed by atoms with Gasteiger partial charge >= 0.3 is 5.97 Å². The second kappa shape index (κ2) is 7.13. The fourth-order valence-electron chi connectivity index (χ4n) is 2.84. The largest absolute Gasteiger partial charge is 0.478 e. The molecule has 1 aromatic carbocycles. The number of rotatable bonds is 5. The summed E-state index contributed by atoms with van der Waals surface area (Å²) in [5.74, 6) is -0.109. The van der Waals surface area contributed by atoms with Crippen LogP contribution >= 0.6 is 0 Å². The van der Waals surface area contributed by atoms with E-state index >= 15 is 0 Å². The number of aromatic nitrogens is 1. The topological polar surface area (TPSA) is 65.5 Å². The van der Waals surface area contributed by atoms with Gasteiger partial charge < -0.3 is 15.3 Å². The summed E-state index contributed by atoms with van der Waals surface area (Å²) in [7, 11) is 0. The van der Waals surface area contributed by atoms with Gasteiger partial charge in [0.25, 0.3) is 0 Å². The molecule has 1 aliphatic rings. The van der Waals surface area contributed by atoms with Crippen LogP contribution < -0.4 is 10.2 Å². The van der Waals surface area contributed by atoms with Crippen LogP contribution in [0.5, 0.6) is 0 Å². The van der Waals surface area contributed by atoms with Gasteiger partial charge in [-0.25, -0.2) is 9.78 Å². The SMILES string of the molecule is O=C(O)c1cccc(CNc2ccc(N3CCCCC3)cn2)c1. The first kappa shape index (κ1) is 15.3. The van der Waals surface area contributed by atoms with Gasteiger partial charge in [0.2, 0.25) is 0 Å². The van der Waals surface area contributed by atoms with E-state index in [4.69, 9.17) is 5.11 Å². The Morgan fingerprint density at radius 2 is 2.00 bits per heavy atom. The van der Waals surface area contributed by atoms with Crippen molar-refractivity contribution in [3.05, 3.63) is 53.7 Å². The van der Waals surface area contributed by atoms with Crippen LogP contribution in [0.15, 0.2) is 42.6 Å². The zero-order valence-electron chi connectivity index (χ0n) is 13.0. The molecule has 5 nitrogen and oxygen atoms in total. The summed E-state index contributed by atoms with van der Waals surface area (Å²) < 4.78 is 0. The predicted octanol–water partition coefficient (Wildman–Crippen LogP) is 3.38. The van der Waals surface area contributed by atoms with Gasteiger partial charge in [-0.15, -0.1) is 0 Å². The molecule has 3 rings (SSSR count). The molecule has 0 atom stereocenters. The maximum Gasteiger partial charge on any atom is 0.335 e. The normalized spacial score (nSPS) is 14.5. The minimum Gasteiger partial charge on any atom is -0.478 e. The van der Waals surface area contributed by atoms with Crippen LogP contribution in [-0.4, -0.2) is 29.1 Å². The average Bonchev–Trinajstić information content (AvgIpc) is 2.61. The zero-order chi connectivity index (χ0) is 16.1. The highest BCUT2D eigenvalue weighted by atomic mass is 16.4. The van der Waals surface area contributed by atoms with E-state index in [0.29, 0.717) is 12.1 Å². The first-order valence-corrected chi connectivity index (χ1v) is 7.99. The molecule has 0 amide bonds. The number of aromatic carboxylic acids is 1. The fourth-order valence-corrected chi connectivity index (χ4v) is 2.84. The lowest BCUT2D eigenvalue weighted by molar-refractivity contribution is 0.0697. The average molecular weight is 311 g/mol. The molecule has 23 heavy (non-hydrogen) atoms. The highest BCUT2D eigenvalue weighted by Crippen LogP contribution is 2.20. The Kier molecular flexibility index (Phi) is 4.76.